The van der Waals surface area contributed by atoms with Gasteiger partial charge in [-0.15, -0.1) is 0 Å². The normalized spacial score (nSPS) is 13.9. The Bertz CT molecular complexity index is 1870. The van der Waals surface area contributed by atoms with Gasteiger partial charge >= 0.3 is 23.9 Å². The van der Waals surface area contributed by atoms with Crippen LogP contribution in [-0.2, 0) is 19.3 Å². The number of sulfone groups is 1. The third-order valence-corrected chi connectivity index (χ3v) is 8.87. The summed E-state index contributed by atoms with van der Waals surface area (Å²) in [5, 5.41) is 0. The topological polar surface area (TPSA) is 139 Å². The quantitative estimate of drug-likeness (QED) is 0.193. The van der Waals surface area contributed by atoms with E-state index in [9.17, 15) is 27.6 Å². The molecule has 0 radical (unpaired) electrons. The first kappa shape index (κ1) is 27.9. The minimum atomic E-state index is -3.96. The van der Waals surface area contributed by atoms with Crippen molar-refractivity contribution in [1.82, 2.24) is 0 Å². The molecule has 0 saturated heterocycles. The number of fused-ring (bicyclic) bond motifs is 2. The lowest BCUT2D eigenvalue weighted by atomic mass is 10.1. The van der Waals surface area contributed by atoms with Gasteiger partial charge in [-0.1, -0.05) is 0 Å². The summed E-state index contributed by atoms with van der Waals surface area (Å²) in [6, 6.07) is 14.8. The number of rotatable bonds is 6. The van der Waals surface area contributed by atoms with Gasteiger partial charge in [0.05, 0.1) is 32.0 Å². The van der Waals surface area contributed by atoms with E-state index in [4.69, 9.17) is 9.47 Å². The summed E-state index contributed by atoms with van der Waals surface area (Å²) in [4.78, 5) is 47.4. The highest BCUT2D eigenvalue weighted by atomic mass is 32.2. The van der Waals surface area contributed by atoms with Gasteiger partial charge in [0.25, 0.3) is 0 Å². The molecule has 4 aromatic rings. The van der Waals surface area contributed by atoms with E-state index in [1.807, 2.05) is 0 Å². The fourth-order valence-corrected chi connectivity index (χ4v) is 6.68. The van der Waals surface area contributed by atoms with Crippen molar-refractivity contribution < 1.29 is 46.5 Å². The molecule has 2 heterocycles. The fraction of sp³-hybridized carbons (Fsp3) is 0.125. The van der Waals surface area contributed by atoms with Crippen molar-refractivity contribution >= 4 is 33.7 Å². The number of cyclic esters (lactones) is 4. The number of carbonyl (C=O) groups is 4. The van der Waals surface area contributed by atoms with Gasteiger partial charge in [-0.2, -0.15) is 0 Å². The number of carbonyl (C=O) groups excluding carboxylic acids is 4. The van der Waals surface area contributed by atoms with Gasteiger partial charge in [-0.05, 0) is 111 Å². The molecule has 0 spiro atoms. The molecule has 0 aliphatic carbocycles. The van der Waals surface area contributed by atoms with E-state index in [0.29, 0.717) is 45.3 Å². The molecule has 0 atom stereocenters. The first-order chi connectivity index (χ1) is 20.3. The zero-order chi connectivity index (χ0) is 30.8. The second kappa shape index (κ2) is 9.92. The van der Waals surface area contributed by atoms with E-state index in [0.717, 1.165) is 0 Å². The van der Waals surface area contributed by atoms with Crippen LogP contribution in [0.3, 0.4) is 0 Å². The van der Waals surface area contributed by atoms with Crippen molar-refractivity contribution in [2.75, 3.05) is 0 Å². The number of benzene rings is 4. The van der Waals surface area contributed by atoms with Crippen molar-refractivity contribution in [3.63, 3.8) is 0 Å². The van der Waals surface area contributed by atoms with E-state index in [-0.39, 0.29) is 32.0 Å². The Kier molecular flexibility index (Phi) is 6.42. The van der Waals surface area contributed by atoms with Crippen LogP contribution in [0, 0.1) is 27.7 Å². The summed E-state index contributed by atoms with van der Waals surface area (Å²) in [6.45, 7) is 6.83. The van der Waals surface area contributed by atoms with Crippen molar-refractivity contribution in [2.45, 2.75) is 37.5 Å². The van der Waals surface area contributed by atoms with Crippen molar-refractivity contribution in [2.24, 2.45) is 0 Å². The highest BCUT2D eigenvalue weighted by Crippen LogP contribution is 2.37. The Morgan fingerprint density at radius 1 is 0.488 bits per heavy atom. The molecule has 0 bridgehead atoms. The van der Waals surface area contributed by atoms with Gasteiger partial charge in [0.2, 0.25) is 9.84 Å². The maximum Gasteiger partial charge on any atom is 0.347 e. The highest BCUT2D eigenvalue weighted by Gasteiger charge is 2.31. The van der Waals surface area contributed by atoms with E-state index >= 15 is 0 Å². The van der Waals surface area contributed by atoms with Crippen molar-refractivity contribution in [3.05, 3.63) is 105 Å². The first-order valence-corrected chi connectivity index (χ1v) is 14.5. The summed E-state index contributed by atoms with van der Waals surface area (Å²) in [5.41, 5.74) is 2.68. The summed E-state index contributed by atoms with van der Waals surface area (Å²) < 4.78 is 48.7. The van der Waals surface area contributed by atoms with Crippen LogP contribution in [-0.4, -0.2) is 32.3 Å². The smallest absolute Gasteiger partial charge is 0.347 e. The zero-order valence-electron chi connectivity index (χ0n) is 23.3. The molecular weight excluding hydrogens is 576 g/mol. The predicted octanol–water partition coefficient (Wildman–Crippen LogP) is 5.96. The molecule has 0 fully saturated rings. The Hall–Kier alpha value is -5.29. The Morgan fingerprint density at radius 3 is 1.16 bits per heavy atom. The third kappa shape index (κ3) is 4.73. The van der Waals surface area contributed by atoms with Gasteiger partial charge in [0.15, 0.2) is 0 Å². The van der Waals surface area contributed by atoms with E-state index < -0.39 is 33.7 Å². The summed E-state index contributed by atoms with van der Waals surface area (Å²) in [7, 11) is -3.96. The second-order valence-electron chi connectivity index (χ2n) is 10.2. The summed E-state index contributed by atoms with van der Waals surface area (Å²) in [6.07, 6.45) is 0. The van der Waals surface area contributed by atoms with Crippen LogP contribution in [0.4, 0.5) is 0 Å². The maximum absolute atomic E-state index is 13.7. The molecule has 0 amide bonds. The first-order valence-electron chi connectivity index (χ1n) is 13.0. The van der Waals surface area contributed by atoms with Crippen LogP contribution < -0.4 is 9.47 Å². The minimum Gasteiger partial charge on any atom is -0.457 e. The third-order valence-electron chi connectivity index (χ3n) is 7.16. The molecule has 0 saturated carbocycles. The van der Waals surface area contributed by atoms with E-state index in [2.05, 4.69) is 9.47 Å². The number of hydrogen-bond donors (Lipinski definition) is 0. The number of aryl methyl sites for hydroxylation is 4. The van der Waals surface area contributed by atoms with Gasteiger partial charge in [-0.25, -0.2) is 27.6 Å². The average molecular weight is 599 g/mol. The van der Waals surface area contributed by atoms with Crippen molar-refractivity contribution in [1.29, 1.82) is 0 Å². The molecule has 2 aliphatic heterocycles. The monoisotopic (exact) mass is 598 g/mol. The fourth-order valence-electron chi connectivity index (χ4n) is 5.08. The largest absolute Gasteiger partial charge is 0.457 e. The lowest BCUT2D eigenvalue weighted by Gasteiger charge is -2.16. The molecule has 10 nitrogen and oxygen atoms in total. The van der Waals surface area contributed by atoms with Crippen LogP contribution in [0.5, 0.6) is 23.0 Å². The Morgan fingerprint density at radius 2 is 0.814 bits per heavy atom. The lowest BCUT2D eigenvalue weighted by molar-refractivity contribution is 0.0425. The standard InChI is InChI=1S/C32H22O10S/c1-15-9-21(10-16(2)27(15)39-19-5-7-23-25(13-19)31(35)41-29(23)33)43(37,38)22-11-17(3)28(18(4)12-22)40-20-6-8-24-26(14-20)32(36)42-30(24)34/h5-14H,1-4H3. The van der Waals surface area contributed by atoms with Gasteiger partial charge in [-0.3, -0.25) is 0 Å². The van der Waals surface area contributed by atoms with E-state index in [1.165, 1.54) is 60.7 Å². The molecule has 6 rings (SSSR count). The summed E-state index contributed by atoms with van der Waals surface area (Å²) in [5.74, 6) is -1.54. The molecule has 0 aromatic heterocycles. The highest BCUT2D eigenvalue weighted by molar-refractivity contribution is 7.91. The van der Waals surface area contributed by atoms with E-state index in [1.54, 1.807) is 27.7 Å². The van der Waals surface area contributed by atoms with Crippen LogP contribution in [0.15, 0.2) is 70.5 Å². The van der Waals surface area contributed by atoms with Crippen LogP contribution >= 0.6 is 0 Å². The maximum atomic E-state index is 13.7. The molecule has 2 aliphatic rings. The molecule has 0 unspecified atom stereocenters. The Labute approximate surface area is 245 Å². The van der Waals surface area contributed by atoms with Crippen molar-refractivity contribution in [3.8, 4) is 23.0 Å². The zero-order valence-corrected chi connectivity index (χ0v) is 24.1. The van der Waals surface area contributed by atoms with Crippen LogP contribution in [0.25, 0.3) is 0 Å². The average Bonchev–Trinajstić information content (AvgIpc) is 3.40. The number of ether oxygens (including phenoxy) is 4. The summed E-state index contributed by atoms with van der Waals surface area (Å²) >= 11 is 0. The molecule has 4 aromatic carbocycles. The lowest BCUT2D eigenvalue weighted by Crippen LogP contribution is -2.06. The second-order valence-corrected chi connectivity index (χ2v) is 12.2. The molecule has 11 heteroatoms. The molecule has 43 heavy (non-hydrogen) atoms. The minimum absolute atomic E-state index is 0.0623. The van der Waals surface area contributed by atoms with Gasteiger partial charge in [0.1, 0.15) is 23.0 Å². The molecule has 216 valence electrons. The number of esters is 4. The molecule has 0 N–H and O–H groups in total. The van der Waals surface area contributed by atoms with Crippen LogP contribution in [0.1, 0.15) is 63.7 Å². The molecular formula is C32H22O10S. The SMILES string of the molecule is Cc1cc(S(=O)(=O)c2cc(C)c(Oc3ccc4c(c3)C(=O)OC4=O)c(C)c2)cc(C)c1Oc1ccc2c(c1)C(=O)OC2=O. The number of hydrogen-bond acceptors (Lipinski definition) is 10. The predicted molar refractivity (Wildman–Crippen MR) is 150 cm³/mol. The van der Waals surface area contributed by atoms with Crippen LogP contribution in [0.2, 0.25) is 0 Å². The Balaban J connectivity index is 1.28. The van der Waals surface area contributed by atoms with Gasteiger partial charge < -0.3 is 18.9 Å². The van der Waals surface area contributed by atoms with Gasteiger partial charge in [0, 0.05) is 0 Å².